The number of methoxy groups -OCH3 is 1. The van der Waals surface area contributed by atoms with E-state index in [1.807, 2.05) is 0 Å². The van der Waals surface area contributed by atoms with Crippen LogP contribution < -0.4 is 5.32 Å². The van der Waals surface area contributed by atoms with E-state index in [0.29, 0.717) is 0 Å². The van der Waals surface area contributed by atoms with Gasteiger partial charge in [-0.15, -0.1) is 0 Å². The number of ether oxygens (including phenoxy) is 1. The first kappa shape index (κ1) is 15.4. The van der Waals surface area contributed by atoms with Crippen LogP contribution in [0.25, 0.3) is 0 Å². The van der Waals surface area contributed by atoms with Crippen molar-refractivity contribution in [2.24, 2.45) is 0 Å². The van der Waals surface area contributed by atoms with E-state index < -0.39 is 23.4 Å². The smallest absolute Gasteiger partial charge is 0.382 e. The van der Waals surface area contributed by atoms with E-state index >= 15 is 0 Å². The predicted molar refractivity (Wildman–Crippen MR) is 53.3 cm³/mol. The van der Waals surface area contributed by atoms with E-state index in [2.05, 4.69) is 20.7 Å². The number of hydrogen-bond acceptors (Lipinski definition) is 3. The normalized spacial score (nSPS) is 15.4. The maximum Gasteiger partial charge on any atom is 0.471 e. The molecule has 0 fully saturated rings. The van der Waals surface area contributed by atoms with Gasteiger partial charge in [0.05, 0.1) is 11.9 Å². The van der Waals surface area contributed by atoms with Gasteiger partial charge in [0.2, 0.25) is 0 Å². The van der Waals surface area contributed by atoms with Gasteiger partial charge in [0, 0.05) is 7.11 Å². The Bertz CT molecular complexity index is 282. The summed E-state index contributed by atoms with van der Waals surface area (Å²) in [4.78, 5) is 22.1. The fourth-order valence-electron chi connectivity index (χ4n) is 0.944. The number of alkyl halides is 4. The van der Waals surface area contributed by atoms with Crippen LogP contribution in [-0.4, -0.2) is 42.5 Å². The number of carbonyl (C=O) groups is 2. The third kappa shape index (κ3) is 4.09. The lowest BCUT2D eigenvalue weighted by Gasteiger charge is -2.28. The lowest BCUT2D eigenvalue weighted by Crippen LogP contribution is -2.58. The van der Waals surface area contributed by atoms with Gasteiger partial charge < -0.3 is 10.1 Å². The maximum absolute atomic E-state index is 12.0. The zero-order valence-electron chi connectivity index (χ0n) is 8.65. The van der Waals surface area contributed by atoms with Gasteiger partial charge in [-0.25, -0.2) is 0 Å². The molecule has 0 saturated carbocycles. The molecule has 1 unspecified atom stereocenters. The molecule has 4 nitrogen and oxygen atoms in total. The summed E-state index contributed by atoms with van der Waals surface area (Å²) in [6.45, 7) is 0.836. The summed E-state index contributed by atoms with van der Waals surface area (Å²) in [6.07, 6.45) is -5.03. The fraction of sp³-hybridized carbons (Fsp3) is 0.750. The minimum Gasteiger partial charge on any atom is -0.382 e. The second-order valence-corrected chi connectivity index (χ2v) is 3.83. The molecule has 0 rings (SSSR count). The lowest BCUT2D eigenvalue weighted by atomic mass is 9.98. The molecular weight excluding hydrogens is 295 g/mol. The van der Waals surface area contributed by atoms with Crippen molar-refractivity contribution in [1.82, 2.24) is 5.32 Å². The van der Waals surface area contributed by atoms with E-state index in [9.17, 15) is 22.8 Å². The van der Waals surface area contributed by atoms with Crippen LogP contribution >= 0.6 is 15.9 Å². The largest absolute Gasteiger partial charge is 0.471 e. The monoisotopic (exact) mass is 305 g/mol. The Kier molecular flexibility index (Phi) is 5.40. The van der Waals surface area contributed by atoms with Gasteiger partial charge >= 0.3 is 12.1 Å². The topological polar surface area (TPSA) is 55.4 Å². The molecule has 0 radical (unpaired) electrons. The SMILES string of the molecule is COCC(C)(NC(=O)C(F)(F)F)C(=O)CBr. The van der Waals surface area contributed by atoms with Crippen LogP contribution in [0.2, 0.25) is 0 Å². The minimum absolute atomic E-state index is 0.176. The summed E-state index contributed by atoms with van der Waals surface area (Å²) in [5, 5.41) is 1.44. The van der Waals surface area contributed by atoms with Crippen molar-refractivity contribution in [1.29, 1.82) is 0 Å². The first-order valence-corrected chi connectivity index (χ1v) is 5.27. The predicted octanol–water partition coefficient (Wildman–Crippen LogP) is 1.03. The van der Waals surface area contributed by atoms with Crippen molar-refractivity contribution < 1.29 is 27.5 Å². The molecule has 0 aromatic heterocycles. The van der Waals surface area contributed by atoms with E-state index in [1.54, 1.807) is 5.32 Å². The second kappa shape index (κ2) is 5.62. The Morgan fingerprint density at radius 1 is 1.38 bits per heavy atom. The summed E-state index contributed by atoms with van der Waals surface area (Å²) >= 11 is 2.82. The highest BCUT2D eigenvalue weighted by Crippen LogP contribution is 2.17. The number of ketones is 1. The highest BCUT2D eigenvalue weighted by Gasteiger charge is 2.44. The van der Waals surface area contributed by atoms with Crippen molar-refractivity contribution >= 4 is 27.6 Å². The van der Waals surface area contributed by atoms with Crippen molar-refractivity contribution in [3.05, 3.63) is 0 Å². The van der Waals surface area contributed by atoms with Crippen molar-refractivity contribution in [2.75, 3.05) is 19.0 Å². The maximum atomic E-state index is 12.0. The van der Waals surface area contributed by atoms with E-state index in [1.165, 1.54) is 14.0 Å². The highest BCUT2D eigenvalue weighted by atomic mass is 79.9. The number of nitrogens with one attached hydrogen (secondary N) is 1. The van der Waals surface area contributed by atoms with Crippen LogP contribution in [0.1, 0.15) is 6.92 Å². The molecule has 0 aromatic carbocycles. The molecule has 0 aliphatic carbocycles. The minimum atomic E-state index is -5.03. The average Bonchev–Trinajstić information content (AvgIpc) is 2.15. The number of amides is 1. The van der Waals surface area contributed by atoms with Crippen LogP contribution in [0, 0.1) is 0 Å². The van der Waals surface area contributed by atoms with Crippen LogP contribution in [0.3, 0.4) is 0 Å². The van der Waals surface area contributed by atoms with Gasteiger partial charge in [0.1, 0.15) is 5.54 Å². The second-order valence-electron chi connectivity index (χ2n) is 3.27. The standard InChI is InChI=1S/C8H11BrF3NO3/c1-7(4-16-2,5(14)3-9)13-6(15)8(10,11)12/h3-4H2,1-2H3,(H,13,15). The van der Waals surface area contributed by atoms with Gasteiger partial charge in [-0.2, -0.15) is 13.2 Å². The molecule has 1 N–H and O–H groups in total. The van der Waals surface area contributed by atoms with Crippen LogP contribution in [0.15, 0.2) is 0 Å². The Balaban J connectivity index is 4.82. The Hall–Kier alpha value is -0.630. The number of halogens is 4. The highest BCUT2D eigenvalue weighted by molar-refractivity contribution is 9.09. The first-order chi connectivity index (χ1) is 7.17. The molecule has 16 heavy (non-hydrogen) atoms. The lowest BCUT2D eigenvalue weighted by molar-refractivity contribution is -0.176. The first-order valence-electron chi connectivity index (χ1n) is 4.15. The van der Waals surface area contributed by atoms with Crippen LogP contribution in [-0.2, 0) is 14.3 Å². The van der Waals surface area contributed by atoms with Crippen molar-refractivity contribution in [2.45, 2.75) is 18.6 Å². The van der Waals surface area contributed by atoms with Gasteiger partial charge in [-0.05, 0) is 6.92 Å². The van der Waals surface area contributed by atoms with Gasteiger partial charge in [-0.3, -0.25) is 9.59 Å². The molecule has 0 aliphatic heterocycles. The van der Waals surface area contributed by atoms with E-state index in [0.717, 1.165) is 0 Å². The summed E-state index contributed by atoms with van der Waals surface area (Å²) in [5.41, 5.74) is -1.69. The molecule has 94 valence electrons. The van der Waals surface area contributed by atoms with Crippen LogP contribution in [0.4, 0.5) is 13.2 Å². The zero-order chi connectivity index (χ0) is 13.0. The van der Waals surface area contributed by atoms with Gasteiger partial charge in [0.15, 0.2) is 5.78 Å². The number of hydrogen-bond donors (Lipinski definition) is 1. The molecule has 0 heterocycles. The van der Waals surface area contributed by atoms with Crippen molar-refractivity contribution in [3.8, 4) is 0 Å². The zero-order valence-corrected chi connectivity index (χ0v) is 10.2. The molecule has 0 saturated heterocycles. The molecule has 1 amide bonds. The van der Waals surface area contributed by atoms with E-state index in [-0.39, 0.29) is 11.9 Å². The number of carbonyl (C=O) groups excluding carboxylic acids is 2. The van der Waals surface area contributed by atoms with E-state index in [4.69, 9.17) is 0 Å². The van der Waals surface area contributed by atoms with Gasteiger partial charge in [-0.1, -0.05) is 15.9 Å². The third-order valence-electron chi connectivity index (χ3n) is 1.82. The molecule has 1 atom stereocenters. The van der Waals surface area contributed by atoms with Gasteiger partial charge in [0.25, 0.3) is 0 Å². The Morgan fingerprint density at radius 3 is 2.19 bits per heavy atom. The summed E-state index contributed by atoms with van der Waals surface area (Å²) in [6, 6.07) is 0. The summed E-state index contributed by atoms with van der Waals surface area (Å²) in [7, 11) is 1.22. The quantitative estimate of drug-likeness (QED) is 0.772. The molecular formula is C8H11BrF3NO3. The molecule has 0 spiro atoms. The molecule has 0 bridgehead atoms. The summed E-state index contributed by atoms with van der Waals surface area (Å²) in [5.74, 6) is -2.77. The molecule has 0 aliphatic rings. The number of Topliss-reactive ketones (excluding diaryl/α,β-unsaturated/α-hetero) is 1. The average molecular weight is 306 g/mol. The fourth-order valence-corrected chi connectivity index (χ4v) is 1.56. The summed E-state index contributed by atoms with van der Waals surface area (Å²) < 4.78 is 40.7. The Labute approximate surface area is 98.6 Å². The molecule has 8 heteroatoms. The number of rotatable bonds is 5. The Morgan fingerprint density at radius 2 is 1.88 bits per heavy atom. The van der Waals surface area contributed by atoms with Crippen LogP contribution in [0.5, 0.6) is 0 Å². The molecule has 0 aromatic rings. The van der Waals surface area contributed by atoms with Crippen molar-refractivity contribution in [3.63, 3.8) is 0 Å². The third-order valence-corrected chi connectivity index (χ3v) is 2.33.